The Morgan fingerprint density at radius 3 is 1.53 bits per heavy atom. The third-order valence-corrected chi connectivity index (χ3v) is 2.51. The van der Waals surface area contributed by atoms with Crippen molar-refractivity contribution >= 4 is 5.91 Å². The number of rotatable bonds is 9. The fourth-order valence-electron chi connectivity index (χ4n) is 1.43. The van der Waals surface area contributed by atoms with Gasteiger partial charge in [-0.3, -0.25) is 4.79 Å². The Balaban J connectivity index is -0.000000239. The van der Waals surface area contributed by atoms with Gasteiger partial charge in [0.05, 0.1) is 0 Å². The summed E-state index contributed by atoms with van der Waals surface area (Å²) in [5.74, 6) is 0.180. The van der Waals surface area contributed by atoms with Crippen molar-refractivity contribution in [1.29, 1.82) is 0 Å². The van der Waals surface area contributed by atoms with E-state index in [4.69, 9.17) is 0 Å². The van der Waals surface area contributed by atoms with Gasteiger partial charge in [-0.25, -0.2) is 0 Å². The molecule has 0 aromatic heterocycles. The predicted octanol–water partition coefficient (Wildman–Crippen LogP) is 5.71. The highest BCUT2D eigenvalue weighted by atomic mass is 16.1. The number of carbonyl (C=O) groups is 1. The normalized spacial score (nSPS) is 8.74. The molecule has 0 aliphatic carbocycles. The largest absolute Gasteiger partial charge is 0.356 e. The first-order valence-electron chi connectivity index (χ1n) is 8.49. The van der Waals surface area contributed by atoms with Gasteiger partial charge in [0.2, 0.25) is 5.91 Å². The number of hydrogen-bond acceptors (Lipinski definition) is 1. The van der Waals surface area contributed by atoms with Gasteiger partial charge < -0.3 is 5.32 Å². The predicted molar refractivity (Wildman–Crippen MR) is 88.6 cm³/mol. The molecule has 0 bridgehead atoms. The molecule has 0 aliphatic rings. The lowest BCUT2D eigenvalue weighted by molar-refractivity contribution is -0.121. The first-order chi connectivity index (χ1) is 9.22. The fourth-order valence-corrected chi connectivity index (χ4v) is 1.43. The van der Waals surface area contributed by atoms with E-state index in [0.29, 0.717) is 6.42 Å². The molecule has 0 unspecified atom stereocenters. The van der Waals surface area contributed by atoms with Crippen LogP contribution in [0.4, 0.5) is 0 Å². The van der Waals surface area contributed by atoms with Gasteiger partial charge in [-0.15, -0.1) is 0 Å². The van der Waals surface area contributed by atoms with Crippen LogP contribution in [0, 0.1) is 0 Å². The molecule has 1 amide bonds. The van der Waals surface area contributed by atoms with Gasteiger partial charge in [0.25, 0.3) is 0 Å². The molecule has 1 N–H and O–H groups in total. The second kappa shape index (κ2) is 26.1. The lowest BCUT2D eigenvalue weighted by Gasteiger charge is -1.99. The van der Waals surface area contributed by atoms with E-state index in [0.717, 1.165) is 19.4 Å². The van der Waals surface area contributed by atoms with E-state index in [1.165, 1.54) is 38.5 Å². The van der Waals surface area contributed by atoms with E-state index >= 15 is 0 Å². The zero-order valence-corrected chi connectivity index (χ0v) is 14.5. The van der Waals surface area contributed by atoms with Crippen molar-refractivity contribution in [2.45, 2.75) is 99.3 Å². The Hall–Kier alpha value is -0.530. The molecule has 0 atom stereocenters. The lowest BCUT2D eigenvalue weighted by atomic mass is 10.1. The molecular weight excluding hydrogens is 234 g/mol. The minimum atomic E-state index is 0.180. The Kier molecular flexibility index (Phi) is 32.4. The number of hydrogen-bond donors (Lipinski definition) is 1. The van der Waals surface area contributed by atoms with Crippen LogP contribution in [0.25, 0.3) is 0 Å². The zero-order valence-electron chi connectivity index (χ0n) is 14.5. The van der Waals surface area contributed by atoms with Gasteiger partial charge in [0.15, 0.2) is 0 Å². The van der Waals surface area contributed by atoms with Crippen LogP contribution >= 0.6 is 0 Å². The minimum absolute atomic E-state index is 0.180. The second-order valence-electron chi connectivity index (χ2n) is 4.51. The summed E-state index contributed by atoms with van der Waals surface area (Å²) < 4.78 is 0. The summed E-state index contributed by atoms with van der Waals surface area (Å²) in [5, 5.41) is 2.79. The number of nitrogens with one attached hydrogen (secondary N) is 1. The first-order valence-corrected chi connectivity index (χ1v) is 8.49. The van der Waals surface area contributed by atoms with E-state index < -0.39 is 0 Å². The van der Waals surface area contributed by atoms with Crippen LogP contribution < -0.4 is 5.32 Å². The summed E-state index contributed by atoms with van der Waals surface area (Å²) in [6.07, 6.45) is 11.1. The highest BCUT2D eigenvalue weighted by Crippen LogP contribution is 2.03. The molecule has 0 aromatic rings. The number of carbonyl (C=O) groups excluding carboxylic acids is 1. The van der Waals surface area contributed by atoms with Gasteiger partial charge >= 0.3 is 0 Å². The van der Waals surface area contributed by atoms with Crippen LogP contribution in [0.2, 0.25) is 0 Å². The molecule has 19 heavy (non-hydrogen) atoms. The topological polar surface area (TPSA) is 29.1 Å². The van der Waals surface area contributed by atoms with Crippen LogP contribution in [0.15, 0.2) is 0 Å². The maximum Gasteiger partial charge on any atom is 0.219 e. The average Bonchev–Trinajstić information content (AvgIpc) is 2.45. The zero-order chi connectivity index (χ0) is 15.4. The molecule has 0 saturated heterocycles. The Labute approximate surface area is 122 Å². The van der Waals surface area contributed by atoms with Gasteiger partial charge in [-0.2, -0.15) is 0 Å². The van der Waals surface area contributed by atoms with Crippen molar-refractivity contribution in [3.8, 4) is 0 Å². The van der Waals surface area contributed by atoms with Crippen molar-refractivity contribution in [3.63, 3.8) is 0 Å². The SMILES string of the molecule is CC.CCCCCCCC.CCCNC(=O)CCC. The maximum absolute atomic E-state index is 10.7. The molecule has 0 spiro atoms. The summed E-state index contributed by atoms with van der Waals surface area (Å²) in [7, 11) is 0. The van der Waals surface area contributed by atoms with Crippen molar-refractivity contribution < 1.29 is 4.79 Å². The van der Waals surface area contributed by atoms with Gasteiger partial charge in [0.1, 0.15) is 0 Å². The van der Waals surface area contributed by atoms with Crippen molar-refractivity contribution in [2.24, 2.45) is 0 Å². The third-order valence-electron chi connectivity index (χ3n) is 2.51. The van der Waals surface area contributed by atoms with Gasteiger partial charge in [-0.05, 0) is 12.8 Å². The van der Waals surface area contributed by atoms with E-state index in [2.05, 4.69) is 19.2 Å². The van der Waals surface area contributed by atoms with Crippen LogP contribution in [-0.4, -0.2) is 12.5 Å². The molecule has 118 valence electrons. The summed E-state index contributed by atoms with van der Waals surface area (Å²) in [6, 6.07) is 0. The Bertz CT molecular complexity index is 140. The van der Waals surface area contributed by atoms with Gasteiger partial charge in [-0.1, -0.05) is 80.1 Å². The molecule has 0 heterocycles. The van der Waals surface area contributed by atoms with Crippen LogP contribution in [0.3, 0.4) is 0 Å². The second-order valence-corrected chi connectivity index (χ2v) is 4.51. The standard InChI is InChI=1S/C8H18.C7H15NO.C2H6/c1-3-5-7-8-6-4-2;1-3-5-7(9)8-6-4-2;1-2/h3-8H2,1-2H3;3-6H2,1-2H3,(H,8,9);1-2H3. The molecule has 2 nitrogen and oxygen atoms in total. The lowest BCUT2D eigenvalue weighted by Crippen LogP contribution is -2.23. The summed E-state index contributed by atoms with van der Waals surface area (Å²) in [5.41, 5.74) is 0. The van der Waals surface area contributed by atoms with Crippen LogP contribution in [0.5, 0.6) is 0 Å². The van der Waals surface area contributed by atoms with E-state index in [9.17, 15) is 4.79 Å². The van der Waals surface area contributed by atoms with E-state index in [1.807, 2.05) is 27.7 Å². The summed E-state index contributed by atoms with van der Waals surface area (Å²) in [4.78, 5) is 10.7. The highest BCUT2D eigenvalue weighted by molar-refractivity contribution is 5.75. The van der Waals surface area contributed by atoms with Crippen molar-refractivity contribution in [2.75, 3.05) is 6.54 Å². The number of amides is 1. The molecule has 0 aliphatic heterocycles. The number of unbranched alkanes of at least 4 members (excludes halogenated alkanes) is 5. The molecule has 0 radical (unpaired) electrons. The van der Waals surface area contributed by atoms with Crippen LogP contribution in [-0.2, 0) is 4.79 Å². The summed E-state index contributed by atoms with van der Waals surface area (Å²) >= 11 is 0. The Morgan fingerprint density at radius 1 is 0.737 bits per heavy atom. The molecular formula is C17H39NO. The van der Waals surface area contributed by atoms with Gasteiger partial charge in [0, 0.05) is 13.0 Å². The first kappa shape index (κ1) is 23.6. The molecule has 0 rings (SSSR count). The highest BCUT2D eigenvalue weighted by Gasteiger charge is 1.94. The summed E-state index contributed by atoms with van der Waals surface area (Å²) in [6.45, 7) is 13.4. The van der Waals surface area contributed by atoms with Crippen LogP contribution in [0.1, 0.15) is 99.3 Å². The van der Waals surface area contributed by atoms with Crippen molar-refractivity contribution in [3.05, 3.63) is 0 Å². The quantitative estimate of drug-likeness (QED) is 0.536. The van der Waals surface area contributed by atoms with E-state index in [1.54, 1.807) is 0 Å². The molecule has 0 saturated carbocycles. The molecule has 0 fully saturated rings. The smallest absolute Gasteiger partial charge is 0.219 e. The van der Waals surface area contributed by atoms with Crippen molar-refractivity contribution in [1.82, 2.24) is 5.32 Å². The third kappa shape index (κ3) is 31.8. The molecule has 0 aromatic carbocycles. The molecule has 2 heteroatoms. The minimum Gasteiger partial charge on any atom is -0.356 e. The monoisotopic (exact) mass is 273 g/mol. The fraction of sp³-hybridized carbons (Fsp3) is 0.941. The average molecular weight is 274 g/mol. The Morgan fingerprint density at radius 2 is 1.21 bits per heavy atom. The maximum atomic E-state index is 10.7. The van der Waals surface area contributed by atoms with E-state index in [-0.39, 0.29) is 5.91 Å².